The van der Waals surface area contributed by atoms with Crippen molar-refractivity contribution in [1.29, 1.82) is 10.5 Å². The van der Waals surface area contributed by atoms with Crippen molar-refractivity contribution in [2.24, 2.45) is 4.99 Å². The van der Waals surface area contributed by atoms with Crippen molar-refractivity contribution in [3.63, 3.8) is 0 Å². The number of hydrogen-bond acceptors (Lipinski definition) is 4. The standard InChI is InChI=1S/C41H24N4/c42-18-15-39-28(17-20-45-39)25-13-14-33-37(22-25)41(35-11-5-3-8-30(35)31-9-4-6-12-36(31)41)38-23-34(26-16-19-44-27(21-26)24-43)29-7-1-2-10-32(29)40(33)38/h1-14,16-17,19-23,39H,15H2. The van der Waals surface area contributed by atoms with Gasteiger partial charge in [-0.15, -0.1) is 0 Å². The van der Waals surface area contributed by atoms with Gasteiger partial charge in [-0.05, 0) is 108 Å². The van der Waals surface area contributed by atoms with Gasteiger partial charge in [0.15, 0.2) is 0 Å². The van der Waals surface area contributed by atoms with Gasteiger partial charge in [0.25, 0.3) is 0 Å². The molecule has 0 N–H and O–H groups in total. The third-order valence-electron chi connectivity index (χ3n) is 9.78. The minimum Gasteiger partial charge on any atom is -0.284 e. The average molecular weight is 573 g/mol. The zero-order valence-electron chi connectivity index (χ0n) is 24.2. The van der Waals surface area contributed by atoms with Crippen LogP contribution in [0.25, 0.3) is 49.7 Å². The van der Waals surface area contributed by atoms with Crippen LogP contribution < -0.4 is 0 Å². The first-order valence-electron chi connectivity index (χ1n) is 15.1. The molecular weight excluding hydrogens is 548 g/mol. The number of hydrogen-bond donors (Lipinski definition) is 0. The number of fused-ring (bicyclic) bond motifs is 12. The zero-order chi connectivity index (χ0) is 30.1. The smallest absolute Gasteiger partial charge is 0.141 e. The van der Waals surface area contributed by atoms with Gasteiger partial charge in [0.1, 0.15) is 11.8 Å². The van der Waals surface area contributed by atoms with Crippen LogP contribution in [0, 0.1) is 22.7 Å². The molecular formula is C41H24N4. The van der Waals surface area contributed by atoms with Crippen LogP contribution in [0.5, 0.6) is 0 Å². The maximum atomic E-state index is 9.71. The van der Waals surface area contributed by atoms with Crippen LogP contribution in [0.2, 0.25) is 0 Å². The summed E-state index contributed by atoms with van der Waals surface area (Å²) in [5.74, 6) is 0. The highest BCUT2D eigenvalue weighted by atomic mass is 14.8. The lowest BCUT2D eigenvalue weighted by atomic mass is 9.69. The summed E-state index contributed by atoms with van der Waals surface area (Å²) in [6.07, 6.45) is 5.96. The maximum Gasteiger partial charge on any atom is 0.141 e. The van der Waals surface area contributed by atoms with E-state index in [2.05, 4.69) is 125 Å². The Hall–Kier alpha value is -6.10. The normalized spacial score (nSPS) is 16.0. The molecule has 6 aromatic rings. The Morgan fingerprint density at radius 2 is 1.38 bits per heavy atom. The Morgan fingerprint density at radius 3 is 2.13 bits per heavy atom. The maximum absolute atomic E-state index is 9.71. The molecule has 208 valence electrons. The molecule has 9 rings (SSSR count). The number of allylic oxidation sites excluding steroid dienone is 1. The van der Waals surface area contributed by atoms with Gasteiger partial charge in [-0.2, -0.15) is 10.5 Å². The minimum absolute atomic E-state index is 0.163. The van der Waals surface area contributed by atoms with E-state index in [0.717, 1.165) is 27.6 Å². The largest absolute Gasteiger partial charge is 0.284 e. The minimum atomic E-state index is -0.553. The topological polar surface area (TPSA) is 72.8 Å². The fourth-order valence-electron chi connectivity index (χ4n) is 8.03. The second kappa shape index (κ2) is 9.45. The molecule has 4 heteroatoms. The zero-order valence-corrected chi connectivity index (χ0v) is 24.2. The molecule has 4 nitrogen and oxygen atoms in total. The molecule has 2 heterocycles. The van der Waals surface area contributed by atoms with Crippen molar-refractivity contribution in [2.45, 2.75) is 17.9 Å². The van der Waals surface area contributed by atoms with E-state index in [1.165, 1.54) is 49.9 Å². The molecule has 0 radical (unpaired) electrons. The molecule has 0 amide bonds. The lowest BCUT2D eigenvalue weighted by Crippen LogP contribution is -2.26. The van der Waals surface area contributed by atoms with E-state index in [9.17, 15) is 10.5 Å². The van der Waals surface area contributed by atoms with Crippen molar-refractivity contribution < 1.29 is 0 Å². The summed E-state index contributed by atoms with van der Waals surface area (Å²) in [6, 6.07) is 43.7. The molecule has 0 bridgehead atoms. The first-order chi connectivity index (χ1) is 22.2. The summed E-state index contributed by atoms with van der Waals surface area (Å²) in [5.41, 5.74) is 14.0. The van der Waals surface area contributed by atoms with Gasteiger partial charge in [-0.1, -0.05) is 84.9 Å². The van der Waals surface area contributed by atoms with Gasteiger partial charge in [-0.25, -0.2) is 4.98 Å². The molecule has 1 aliphatic heterocycles. The summed E-state index contributed by atoms with van der Waals surface area (Å²) in [6.45, 7) is 0. The Balaban J connectivity index is 1.43. The van der Waals surface area contributed by atoms with Gasteiger partial charge in [-0.3, -0.25) is 4.99 Å². The van der Waals surface area contributed by atoms with Crippen LogP contribution in [-0.4, -0.2) is 17.2 Å². The lowest BCUT2D eigenvalue weighted by molar-refractivity contribution is 0.793. The Labute approximate surface area is 260 Å². The fourth-order valence-corrected chi connectivity index (χ4v) is 8.03. The van der Waals surface area contributed by atoms with Crippen LogP contribution in [0.4, 0.5) is 0 Å². The van der Waals surface area contributed by atoms with Crippen LogP contribution in [-0.2, 0) is 5.41 Å². The Morgan fingerprint density at radius 1 is 0.644 bits per heavy atom. The Bertz CT molecular complexity index is 2350. The molecule has 0 saturated heterocycles. The highest BCUT2D eigenvalue weighted by Crippen LogP contribution is 2.64. The number of rotatable bonds is 3. The molecule has 0 saturated carbocycles. The number of nitrogens with zero attached hydrogens (tertiary/aromatic N) is 4. The molecule has 1 unspecified atom stereocenters. The van der Waals surface area contributed by atoms with Crippen LogP contribution in [0.1, 0.15) is 39.9 Å². The van der Waals surface area contributed by atoms with Crippen molar-refractivity contribution >= 4 is 22.6 Å². The number of nitriles is 2. The van der Waals surface area contributed by atoms with E-state index in [-0.39, 0.29) is 6.04 Å². The lowest BCUT2D eigenvalue weighted by Gasteiger charge is -2.31. The number of aromatic nitrogens is 1. The van der Waals surface area contributed by atoms with E-state index in [1.807, 2.05) is 18.3 Å². The third-order valence-corrected chi connectivity index (χ3v) is 9.78. The molecule has 1 atom stereocenters. The van der Waals surface area contributed by atoms with E-state index in [1.54, 1.807) is 6.20 Å². The first kappa shape index (κ1) is 25.4. The van der Waals surface area contributed by atoms with Gasteiger partial charge >= 0.3 is 0 Å². The van der Waals surface area contributed by atoms with E-state index in [4.69, 9.17) is 0 Å². The van der Waals surface area contributed by atoms with Gasteiger partial charge in [0.05, 0.1) is 23.9 Å². The number of pyridine rings is 1. The molecule has 5 aromatic carbocycles. The molecule has 0 fully saturated rings. The van der Waals surface area contributed by atoms with E-state index < -0.39 is 5.41 Å². The highest BCUT2D eigenvalue weighted by Gasteiger charge is 2.52. The summed E-state index contributed by atoms with van der Waals surface area (Å²) >= 11 is 0. The molecule has 3 aliphatic rings. The van der Waals surface area contributed by atoms with Crippen molar-refractivity contribution in [3.8, 4) is 45.5 Å². The van der Waals surface area contributed by atoms with Gasteiger partial charge in [0, 0.05) is 12.4 Å². The van der Waals surface area contributed by atoms with Crippen molar-refractivity contribution in [1.82, 2.24) is 4.98 Å². The third kappa shape index (κ3) is 3.34. The Kier molecular flexibility index (Phi) is 5.33. The van der Waals surface area contributed by atoms with Gasteiger partial charge < -0.3 is 0 Å². The summed E-state index contributed by atoms with van der Waals surface area (Å²) in [4.78, 5) is 8.88. The number of aliphatic imine (C=N–C) groups is 1. The molecule has 2 aliphatic carbocycles. The second-order valence-corrected chi connectivity index (χ2v) is 11.8. The molecule has 1 spiro atoms. The van der Waals surface area contributed by atoms with Crippen LogP contribution in [0.3, 0.4) is 0 Å². The second-order valence-electron chi connectivity index (χ2n) is 11.8. The fraction of sp³-hybridized carbons (Fsp3) is 0.0732. The monoisotopic (exact) mass is 572 g/mol. The quantitative estimate of drug-likeness (QED) is 0.212. The summed E-state index contributed by atoms with van der Waals surface area (Å²) < 4.78 is 0. The first-order valence-corrected chi connectivity index (χ1v) is 15.1. The average Bonchev–Trinajstić information content (AvgIpc) is 3.77. The van der Waals surface area contributed by atoms with E-state index in [0.29, 0.717) is 12.1 Å². The summed E-state index contributed by atoms with van der Waals surface area (Å²) in [7, 11) is 0. The highest BCUT2D eigenvalue weighted by molar-refractivity contribution is 6.11. The van der Waals surface area contributed by atoms with E-state index >= 15 is 0 Å². The summed E-state index contributed by atoms with van der Waals surface area (Å²) in [5, 5.41) is 21.6. The van der Waals surface area contributed by atoms with Gasteiger partial charge in [0.2, 0.25) is 0 Å². The predicted octanol–water partition coefficient (Wildman–Crippen LogP) is 8.87. The van der Waals surface area contributed by atoms with Crippen molar-refractivity contribution in [2.75, 3.05) is 0 Å². The molecule has 45 heavy (non-hydrogen) atoms. The molecule has 1 aromatic heterocycles. The van der Waals surface area contributed by atoms with Crippen molar-refractivity contribution in [3.05, 3.63) is 155 Å². The number of benzene rings is 5. The predicted molar refractivity (Wildman–Crippen MR) is 179 cm³/mol. The van der Waals surface area contributed by atoms with Crippen LogP contribution >= 0.6 is 0 Å². The SMILES string of the molecule is N#CCC1N=CC=C1c1ccc2c(c1)C1(c3ccccc3-c3ccccc31)c1cc(-c3ccnc(C#N)c3)c3ccccc3c1-2. The van der Waals surface area contributed by atoms with Crippen LogP contribution in [0.15, 0.2) is 126 Å².